The van der Waals surface area contributed by atoms with Gasteiger partial charge in [-0.1, -0.05) is 0 Å². The SMILES string of the molecule is CC(C)(C)OC(=O)C1(CNC(=O)O)CCOC1. The Morgan fingerprint density at radius 2 is 2.12 bits per heavy atom. The van der Waals surface area contributed by atoms with Gasteiger partial charge in [0, 0.05) is 13.2 Å². The number of hydrogen-bond donors (Lipinski definition) is 2. The van der Waals surface area contributed by atoms with E-state index in [1.54, 1.807) is 20.8 Å². The summed E-state index contributed by atoms with van der Waals surface area (Å²) >= 11 is 0. The summed E-state index contributed by atoms with van der Waals surface area (Å²) < 4.78 is 10.5. The molecule has 0 spiro atoms. The van der Waals surface area contributed by atoms with E-state index in [0.717, 1.165) is 0 Å². The molecule has 1 rings (SSSR count). The number of rotatable bonds is 3. The molecule has 1 aliphatic rings. The largest absolute Gasteiger partial charge is 0.465 e. The normalized spacial score (nSPS) is 24.4. The summed E-state index contributed by atoms with van der Waals surface area (Å²) in [4.78, 5) is 22.6. The van der Waals surface area contributed by atoms with Crippen molar-refractivity contribution in [1.82, 2.24) is 5.32 Å². The molecular formula is C11H19NO5. The van der Waals surface area contributed by atoms with Gasteiger partial charge in [-0.15, -0.1) is 0 Å². The van der Waals surface area contributed by atoms with Gasteiger partial charge in [0.15, 0.2) is 0 Å². The lowest BCUT2D eigenvalue weighted by Crippen LogP contribution is -2.46. The lowest BCUT2D eigenvalue weighted by atomic mass is 9.87. The van der Waals surface area contributed by atoms with Crippen molar-refractivity contribution in [2.45, 2.75) is 32.8 Å². The maximum Gasteiger partial charge on any atom is 0.404 e. The summed E-state index contributed by atoms with van der Waals surface area (Å²) in [6.07, 6.45) is -0.679. The highest BCUT2D eigenvalue weighted by Crippen LogP contribution is 2.31. The minimum atomic E-state index is -1.15. The first-order valence-electron chi connectivity index (χ1n) is 5.53. The van der Waals surface area contributed by atoms with Crippen molar-refractivity contribution in [3.63, 3.8) is 0 Å². The molecule has 1 fully saturated rings. The summed E-state index contributed by atoms with van der Waals surface area (Å²) in [5.41, 5.74) is -1.47. The zero-order valence-electron chi connectivity index (χ0n) is 10.4. The van der Waals surface area contributed by atoms with Crippen LogP contribution in [0.25, 0.3) is 0 Å². The average molecular weight is 245 g/mol. The van der Waals surface area contributed by atoms with Gasteiger partial charge in [-0.25, -0.2) is 4.79 Å². The summed E-state index contributed by atoms with van der Waals surface area (Å²) in [6.45, 7) is 6.00. The Morgan fingerprint density at radius 3 is 2.53 bits per heavy atom. The molecule has 0 aromatic carbocycles. The van der Waals surface area contributed by atoms with Crippen LogP contribution in [-0.4, -0.2) is 42.5 Å². The van der Waals surface area contributed by atoms with Gasteiger partial charge in [0.1, 0.15) is 11.0 Å². The van der Waals surface area contributed by atoms with Crippen LogP contribution in [0.15, 0.2) is 0 Å². The summed E-state index contributed by atoms with van der Waals surface area (Å²) in [5.74, 6) is -0.406. The Balaban J connectivity index is 2.70. The zero-order valence-corrected chi connectivity index (χ0v) is 10.4. The first-order chi connectivity index (χ1) is 7.75. The molecule has 0 aromatic rings. The molecule has 0 bridgehead atoms. The molecule has 0 aromatic heterocycles. The number of carboxylic acid groups (broad SMARTS) is 1. The molecule has 6 nitrogen and oxygen atoms in total. The predicted octanol–water partition coefficient (Wildman–Crippen LogP) is 1.00. The third-order valence-electron chi connectivity index (χ3n) is 2.51. The quantitative estimate of drug-likeness (QED) is 0.725. The van der Waals surface area contributed by atoms with Crippen molar-refractivity contribution in [1.29, 1.82) is 0 Å². The van der Waals surface area contributed by atoms with E-state index in [0.29, 0.717) is 13.0 Å². The molecule has 0 aliphatic carbocycles. The van der Waals surface area contributed by atoms with Crippen LogP contribution in [0.3, 0.4) is 0 Å². The van der Waals surface area contributed by atoms with Crippen molar-refractivity contribution < 1.29 is 24.2 Å². The minimum Gasteiger partial charge on any atom is -0.465 e. The minimum absolute atomic E-state index is 0.0250. The van der Waals surface area contributed by atoms with Crippen molar-refractivity contribution >= 4 is 12.1 Å². The van der Waals surface area contributed by atoms with Gasteiger partial charge in [0.25, 0.3) is 0 Å². The molecule has 17 heavy (non-hydrogen) atoms. The fourth-order valence-corrected chi connectivity index (χ4v) is 1.61. The standard InChI is InChI=1S/C11H19NO5/c1-10(2,3)17-8(13)11(4-5-16-7-11)6-12-9(14)15/h12H,4-7H2,1-3H3,(H,14,15). The van der Waals surface area contributed by atoms with Crippen LogP contribution >= 0.6 is 0 Å². The molecule has 1 heterocycles. The van der Waals surface area contributed by atoms with Crippen LogP contribution in [-0.2, 0) is 14.3 Å². The number of nitrogens with one attached hydrogen (secondary N) is 1. The molecule has 1 amide bonds. The highest BCUT2D eigenvalue weighted by molar-refractivity contribution is 5.79. The third-order valence-corrected chi connectivity index (χ3v) is 2.51. The van der Waals surface area contributed by atoms with Gasteiger partial charge >= 0.3 is 12.1 Å². The lowest BCUT2D eigenvalue weighted by molar-refractivity contribution is -0.167. The molecule has 0 radical (unpaired) electrons. The Labute approximate surface area is 100 Å². The Hall–Kier alpha value is -1.30. The molecule has 1 saturated heterocycles. The predicted molar refractivity (Wildman–Crippen MR) is 59.7 cm³/mol. The van der Waals surface area contributed by atoms with Gasteiger partial charge < -0.3 is 19.9 Å². The number of carbonyl (C=O) groups excluding carboxylic acids is 1. The summed E-state index contributed by atoms with van der Waals surface area (Å²) in [6, 6.07) is 0. The molecule has 1 unspecified atom stereocenters. The molecule has 98 valence electrons. The van der Waals surface area contributed by atoms with Crippen LogP contribution in [0.1, 0.15) is 27.2 Å². The van der Waals surface area contributed by atoms with Crippen molar-refractivity contribution in [2.24, 2.45) is 5.41 Å². The van der Waals surface area contributed by atoms with Crippen LogP contribution in [0.2, 0.25) is 0 Å². The number of hydrogen-bond acceptors (Lipinski definition) is 4. The van der Waals surface area contributed by atoms with Crippen molar-refractivity contribution in [3.8, 4) is 0 Å². The summed E-state index contributed by atoms with van der Waals surface area (Å²) in [7, 11) is 0. The van der Waals surface area contributed by atoms with Crippen molar-refractivity contribution in [3.05, 3.63) is 0 Å². The fraction of sp³-hybridized carbons (Fsp3) is 0.818. The Kier molecular flexibility index (Phi) is 3.98. The van der Waals surface area contributed by atoms with Gasteiger partial charge in [0.05, 0.1) is 6.61 Å². The average Bonchev–Trinajstić information content (AvgIpc) is 2.61. The van der Waals surface area contributed by atoms with Crippen LogP contribution in [0.4, 0.5) is 4.79 Å². The van der Waals surface area contributed by atoms with E-state index in [4.69, 9.17) is 14.6 Å². The second-order valence-electron chi connectivity index (χ2n) is 5.24. The molecule has 2 N–H and O–H groups in total. The van der Waals surface area contributed by atoms with Crippen LogP contribution in [0, 0.1) is 5.41 Å². The van der Waals surface area contributed by atoms with Crippen molar-refractivity contribution in [2.75, 3.05) is 19.8 Å². The fourth-order valence-electron chi connectivity index (χ4n) is 1.61. The highest BCUT2D eigenvalue weighted by atomic mass is 16.6. The van der Waals surface area contributed by atoms with E-state index >= 15 is 0 Å². The highest BCUT2D eigenvalue weighted by Gasteiger charge is 2.45. The van der Waals surface area contributed by atoms with Crippen LogP contribution in [0.5, 0.6) is 0 Å². The first-order valence-corrected chi connectivity index (χ1v) is 5.53. The number of amides is 1. The molecule has 1 aliphatic heterocycles. The Morgan fingerprint density at radius 1 is 1.47 bits per heavy atom. The van der Waals surface area contributed by atoms with E-state index in [1.165, 1.54) is 0 Å². The molecule has 6 heteroatoms. The second kappa shape index (κ2) is 4.91. The number of ether oxygens (including phenoxy) is 2. The van der Waals surface area contributed by atoms with Gasteiger partial charge in [-0.3, -0.25) is 4.79 Å². The maximum absolute atomic E-state index is 12.1. The zero-order chi connectivity index (χ0) is 13.1. The number of carbonyl (C=O) groups is 2. The monoisotopic (exact) mass is 245 g/mol. The van der Waals surface area contributed by atoms with Gasteiger partial charge in [-0.05, 0) is 27.2 Å². The van der Waals surface area contributed by atoms with E-state index in [1.807, 2.05) is 0 Å². The smallest absolute Gasteiger partial charge is 0.404 e. The first kappa shape index (κ1) is 13.8. The van der Waals surface area contributed by atoms with E-state index in [9.17, 15) is 9.59 Å². The summed E-state index contributed by atoms with van der Waals surface area (Å²) in [5, 5.41) is 10.8. The maximum atomic E-state index is 12.1. The van der Waals surface area contributed by atoms with E-state index in [-0.39, 0.29) is 13.2 Å². The van der Waals surface area contributed by atoms with Crippen LogP contribution < -0.4 is 5.32 Å². The molecule has 1 atom stereocenters. The molecular weight excluding hydrogens is 226 g/mol. The third kappa shape index (κ3) is 3.89. The Bertz CT molecular complexity index is 301. The van der Waals surface area contributed by atoms with Gasteiger partial charge in [0.2, 0.25) is 0 Å². The number of esters is 1. The topological polar surface area (TPSA) is 84.9 Å². The lowest BCUT2D eigenvalue weighted by Gasteiger charge is -2.29. The van der Waals surface area contributed by atoms with E-state index in [2.05, 4.69) is 5.32 Å². The molecule has 0 saturated carbocycles. The van der Waals surface area contributed by atoms with E-state index < -0.39 is 23.1 Å². The second-order valence-corrected chi connectivity index (χ2v) is 5.24. The van der Waals surface area contributed by atoms with Gasteiger partial charge in [-0.2, -0.15) is 0 Å².